The van der Waals surface area contributed by atoms with Crippen LogP contribution in [0.1, 0.15) is 5.56 Å². The molecule has 0 saturated carbocycles. The maximum atomic E-state index is 8.44. The van der Waals surface area contributed by atoms with Gasteiger partial charge in [0.1, 0.15) is 0 Å². The highest BCUT2D eigenvalue weighted by molar-refractivity contribution is 7.59. The molecule has 0 N–H and O–H groups in total. The van der Waals surface area contributed by atoms with Crippen LogP contribution in [0.25, 0.3) is 0 Å². The van der Waals surface area contributed by atoms with E-state index in [9.17, 15) is 0 Å². The van der Waals surface area contributed by atoms with Crippen molar-refractivity contribution in [3.63, 3.8) is 0 Å². The molecular formula is C7H8O6S2. The lowest BCUT2D eigenvalue weighted by atomic mass is 10.2. The molecule has 1 rings (SSSR count). The van der Waals surface area contributed by atoms with E-state index >= 15 is 0 Å². The highest BCUT2D eigenvalue weighted by atomic mass is 32.2. The largest absolute Gasteiger partial charge is 0.425 e. The van der Waals surface area contributed by atoms with Crippen LogP contribution in [0.2, 0.25) is 0 Å². The molecule has 1 aromatic rings. The molecule has 84 valence electrons. The van der Waals surface area contributed by atoms with Crippen molar-refractivity contribution >= 4 is 21.2 Å². The molecule has 8 heteroatoms. The third kappa shape index (κ3) is 32.7. The molecule has 0 aromatic heterocycles. The Morgan fingerprint density at radius 2 is 1.00 bits per heavy atom. The van der Waals surface area contributed by atoms with Crippen molar-refractivity contribution in [2.75, 3.05) is 0 Å². The first-order chi connectivity index (χ1) is 6.86. The van der Waals surface area contributed by atoms with Gasteiger partial charge in [0.15, 0.2) is 0 Å². The van der Waals surface area contributed by atoms with Crippen LogP contribution in [0.5, 0.6) is 0 Å². The molecule has 0 aliphatic heterocycles. The summed E-state index contributed by atoms with van der Waals surface area (Å²) in [7, 11) is -6.22. The predicted molar refractivity (Wildman–Crippen MR) is 50.6 cm³/mol. The molecule has 1 aromatic carbocycles. The summed E-state index contributed by atoms with van der Waals surface area (Å²) in [4.78, 5) is 0. The van der Waals surface area contributed by atoms with Gasteiger partial charge in [-0.3, -0.25) is 0 Å². The molecule has 0 aliphatic carbocycles. The van der Waals surface area contributed by atoms with Crippen molar-refractivity contribution in [1.29, 1.82) is 0 Å². The molecule has 0 spiro atoms. The van der Waals surface area contributed by atoms with Crippen molar-refractivity contribution < 1.29 is 25.3 Å². The van der Waals surface area contributed by atoms with E-state index in [0.29, 0.717) is 0 Å². The minimum Gasteiger partial charge on any atom is -0.142 e. The average Bonchev–Trinajstić information content (AvgIpc) is 2.03. The molecular weight excluding hydrogens is 244 g/mol. The third-order valence-corrected chi connectivity index (χ3v) is 0.940. The summed E-state index contributed by atoms with van der Waals surface area (Å²) >= 11 is 0. The van der Waals surface area contributed by atoms with E-state index in [-0.39, 0.29) is 0 Å². The second kappa shape index (κ2) is 10.5. The summed E-state index contributed by atoms with van der Waals surface area (Å²) in [5.74, 6) is 0. The minimum atomic E-state index is -3.11. The molecule has 0 amide bonds. The van der Waals surface area contributed by atoms with Crippen LogP contribution in [-0.2, 0) is 21.2 Å². The molecule has 6 nitrogen and oxygen atoms in total. The molecule has 0 atom stereocenters. The molecule has 0 aliphatic rings. The smallest absolute Gasteiger partial charge is 0.142 e. The van der Waals surface area contributed by atoms with Gasteiger partial charge in [-0.2, -0.15) is 0 Å². The summed E-state index contributed by atoms with van der Waals surface area (Å²) in [6, 6.07) is 10.3. The Bertz CT molecular complexity index is 414. The van der Waals surface area contributed by atoms with Gasteiger partial charge in [0, 0.05) is 0 Å². The molecule has 15 heavy (non-hydrogen) atoms. The van der Waals surface area contributed by atoms with Crippen LogP contribution < -0.4 is 0 Å². The fourth-order valence-corrected chi connectivity index (χ4v) is 0.534. The van der Waals surface area contributed by atoms with E-state index in [1.165, 1.54) is 5.56 Å². The van der Waals surface area contributed by atoms with E-state index in [1.54, 1.807) is 0 Å². The first-order valence-electron chi connectivity index (χ1n) is 3.41. The fourth-order valence-electron chi connectivity index (χ4n) is 0.534. The van der Waals surface area contributed by atoms with E-state index in [4.69, 9.17) is 25.3 Å². The van der Waals surface area contributed by atoms with Crippen LogP contribution in [0.4, 0.5) is 0 Å². The van der Waals surface area contributed by atoms with Gasteiger partial charge in [0.25, 0.3) is 0 Å². The Morgan fingerprint density at radius 3 is 1.13 bits per heavy atom. The quantitative estimate of drug-likeness (QED) is 0.643. The first-order valence-corrected chi connectivity index (χ1v) is 5.41. The minimum absolute atomic E-state index is 1.32. The van der Waals surface area contributed by atoms with Crippen molar-refractivity contribution in [2.24, 2.45) is 0 Å². The molecule has 0 saturated heterocycles. The lowest BCUT2D eigenvalue weighted by Gasteiger charge is -1.82. The lowest BCUT2D eigenvalue weighted by molar-refractivity contribution is 0.557. The molecule has 0 radical (unpaired) electrons. The van der Waals surface area contributed by atoms with Gasteiger partial charge >= 0.3 is 21.2 Å². The Kier molecular flexibility index (Phi) is 11.2. The topological polar surface area (TPSA) is 102 Å². The predicted octanol–water partition coefficient (Wildman–Crippen LogP) is -0.0132. The van der Waals surface area contributed by atoms with Gasteiger partial charge < -0.3 is 0 Å². The Morgan fingerprint density at radius 1 is 0.733 bits per heavy atom. The zero-order valence-electron chi connectivity index (χ0n) is 7.65. The number of benzene rings is 1. The van der Waals surface area contributed by atoms with Crippen LogP contribution in [0.15, 0.2) is 30.3 Å². The Balaban J connectivity index is 0. The maximum Gasteiger partial charge on any atom is 0.425 e. The fraction of sp³-hybridized carbons (Fsp3) is 0.143. The van der Waals surface area contributed by atoms with Crippen LogP contribution in [0.3, 0.4) is 0 Å². The Hall–Kier alpha value is -1.54. The monoisotopic (exact) mass is 252 g/mol. The van der Waals surface area contributed by atoms with E-state index in [1.807, 2.05) is 18.2 Å². The van der Waals surface area contributed by atoms with E-state index in [0.717, 1.165) is 0 Å². The van der Waals surface area contributed by atoms with Gasteiger partial charge in [0.2, 0.25) is 0 Å². The normalized spacial score (nSPS) is 7.27. The summed E-state index contributed by atoms with van der Waals surface area (Å²) in [6.45, 7) is 2.08. The van der Waals surface area contributed by atoms with Crippen molar-refractivity contribution in [3.05, 3.63) is 35.9 Å². The van der Waals surface area contributed by atoms with Crippen LogP contribution >= 0.6 is 0 Å². The summed E-state index contributed by atoms with van der Waals surface area (Å²) in [5.41, 5.74) is 1.32. The lowest BCUT2D eigenvalue weighted by Crippen LogP contribution is -1.62. The van der Waals surface area contributed by atoms with Crippen molar-refractivity contribution in [3.8, 4) is 0 Å². The van der Waals surface area contributed by atoms with Gasteiger partial charge in [-0.1, -0.05) is 35.9 Å². The van der Waals surface area contributed by atoms with Gasteiger partial charge in [-0.15, -0.1) is 25.3 Å². The first kappa shape index (κ1) is 15.9. The molecule has 0 unspecified atom stereocenters. The number of hydrogen-bond acceptors (Lipinski definition) is 6. The second-order valence-electron chi connectivity index (χ2n) is 2.06. The van der Waals surface area contributed by atoms with Gasteiger partial charge in [-0.25, -0.2) is 0 Å². The SMILES string of the molecule is Cc1ccccc1.O=S(=O)=O.O=S(=O)=O. The van der Waals surface area contributed by atoms with Crippen LogP contribution in [0, 0.1) is 6.92 Å². The highest BCUT2D eigenvalue weighted by Crippen LogP contribution is 1.92. The summed E-state index contributed by atoms with van der Waals surface area (Å²) < 4.78 is 50.7. The highest BCUT2D eigenvalue weighted by Gasteiger charge is 1.72. The Labute approximate surface area is 89.7 Å². The zero-order valence-corrected chi connectivity index (χ0v) is 9.29. The van der Waals surface area contributed by atoms with E-state index < -0.39 is 21.2 Å². The zero-order chi connectivity index (χ0) is 12.3. The average molecular weight is 252 g/mol. The molecule has 0 bridgehead atoms. The number of aryl methyl sites for hydroxylation is 1. The summed E-state index contributed by atoms with van der Waals surface area (Å²) in [5, 5.41) is 0. The van der Waals surface area contributed by atoms with Crippen molar-refractivity contribution in [1.82, 2.24) is 0 Å². The van der Waals surface area contributed by atoms with E-state index in [2.05, 4.69) is 19.1 Å². The van der Waals surface area contributed by atoms with Gasteiger partial charge in [-0.05, 0) is 6.92 Å². The van der Waals surface area contributed by atoms with Crippen LogP contribution in [-0.4, -0.2) is 25.3 Å². The molecule has 0 heterocycles. The van der Waals surface area contributed by atoms with Crippen molar-refractivity contribution in [2.45, 2.75) is 6.92 Å². The summed E-state index contributed by atoms with van der Waals surface area (Å²) in [6.07, 6.45) is 0. The second-order valence-corrected chi connectivity index (χ2v) is 2.88. The van der Waals surface area contributed by atoms with Gasteiger partial charge in [0.05, 0.1) is 0 Å². The number of rotatable bonds is 0. The standard InChI is InChI=1S/C7H8.2O3S/c1-7-5-3-2-4-6-7;2*1-4(2)3/h2-6H,1H3;;. The molecule has 0 fully saturated rings. The number of hydrogen-bond donors (Lipinski definition) is 0. The maximum absolute atomic E-state index is 8.44. The third-order valence-electron chi connectivity index (χ3n) is 0.940.